The minimum Gasteiger partial charge on any atom is -0.314 e. The number of rotatable bonds is 6. The Morgan fingerprint density at radius 1 is 1.12 bits per heavy atom. The average molecular weight is 247 g/mol. The molecule has 0 saturated heterocycles. The van der Waals surface area contributed by atoms with Gasteiger partial charge in [0.15, 0.2) is 0 Å². The smallest absolute Gasteiger partial charge is 0.272 e. The summed E-state index contributed by atoms with van der Waals surface area (Å²) in [6.45, 7) is 7.71. The van der Waals surface area contributed by atoms with E-state index in [1.165, 1.54) is 19.3 Å². The molecule has 1 saturated carbocycles. The molecule has 1 fully saturated rings. The van der Waals surface area contributed by atoms with Crippen molar-refractivity contribution < 1.29 is 9.09 Å². The summed E-state index contributed by atoms with van der Waals surface area (Å²) < 4.78 is 20.7. The van der Waals surface area contributed by atoms with E-state index < -0.39 is 7.52 Å². The molecule has 0 bridgehead atoms. The molecule has 0 N–H and O–H groups in total. The van der Waals surface area contributed by atoms with Gasteiger partial charge in [-0.15, -0.1) is 0 Å². The van der Waals surface area contributed by atoms with Gasteiger partial charge in [0.2, 0.25) is 0 Å². The second-order valence-electron chi connectivity index (χ2n) is 4.46. The molecule has 1 rings (SSSR count). The van der Waals surface area contributed by atoms with Crippen molar-refractivity contribution in [1.82, 2.24) is 4.67 Å². The second-order valence-corrected chi connectivity index (χ2v) is 7.14. The maximum atomic E-state index is 12.7. The van der Waals surface area contributed by atoms with Crippen molar-refractivity contribution in [2.75, 3.05) is 19.3 Å². The summed E-state index contributed by atoms with van der Waals surface area (Å²) in [6, 6.07) is 0. The lowest BCUT2D eigenvalue weighted by atomic mass is 9.98. The van der Waals surface area contributed by atoms with Crippen LogP contribution in [0.1, 0.15) is 52.9 Å². The third-order valence-corrected chi connectivity index (χ3v) is 6.28. The van der Waals surface area contributed by atoms with E-state index in [4.69, 9.17) is 4.52 Å². The number of hydrogen-bond acceptors (Lipinski definition) is 2. The number of nitrogens with zero attached hydrogens (tertiary/aromatic N) is 1. The van der Waals surface area contributed by atoms with E-state index in [1.807, 2.05) is 11.6 Å². The van der Waals surface area contributed by atoms with E-state index in [1.54, 1.807) is 0 Å². The van der Waals surface area contributed by atoms with Gasteiger partial charge in [-0.1, -0.05) is 40.0 Å². The largest absolute Gasteiger partial charge is 0.314 e. The minimum atomic E-state index is -2.55. The van der Waals surface area contributed by atoms with E-state index >= 15 is 0 Å². The molecule has 3 nitrogen and oxygen atoms in total. The quantitative estimate of drug-likeness (QED) is 0.667. The zero-order chi connectivity index (χ0) is 12.0. The maximum absolute atomic E-state index is 12.7. The molecule has 0 radical (unpaired) electrons. The Kier molecular flexibility index (Phi) is 6.02. The molecular weight excluding hydrogens is 221 g/mol. The van der Waals surface area contributed by atoms with Crippen molar-refractivity contribution in [2.45, 2.75) is 59.0 Å². The lowest BCUT2D eigenvalue weighted by molar-refractivity contribution is 0.140. The molecule has 16 heavy (non-hydrogen) atoms. The Balaban J connectivity index is 2.60. The summed E-state index contributed by atoms with van der Waals surface area (Å²) in [5, 5.41) is 0. The summed E-state index contributed by atoms with van der Waals surface area (Å²) in [5.41, 5.74) is 0. The standard InChI is InChI=1S/C12H26NO2P/c1-4-13(5-2)16(14,6-3)15-12-10-8-7-9-11-12/h12H,4-11H2,1-3H3. The van der Waals surface area contributed by atoms with Crippen LogP contribution in [-0.2, 0) is 9.09 Å². The van der Waals surface area contributed by atoms with Gasteiger partial charge in [-0.05, 0) is 12.8 Å². The van der Waals surface area contributed by atoms with Crippen LogP contribution < -0.4 is 0 Å². The Morgan fingerprint density at radius 3 is 2.12 bits per heavy atom. The van der Waals surface area contributed by atoms with Crippen molar-refractivity contribution in [3.8, 4) is 0 Å². The van der Waals surface area contributed by atoms with Crippen LogP contribution in [0, 0.1) is 0 Å². The van der Waals surface area contributed by atoms with Gasteiger partial charge >= 0.3 is 0 Å². The molecule has 96 valence electrons. The van der Waals surface area contributed by atoms with E-state index in [0.717, 1.165) is 25.9 Å². The van der Waals surface area contributed by atoms with Crippen LogP contribution in [0.2, 0.25) is 0 Å². The molecule has 0 aliphatic heterocycles. The average Bonchev–Trinajstić information content (AvgIpc) is 2.32. The van der Waals surface area contributed by atoms with Crippen LogP contribution in [0.5, 0.6) is 0 Å². The highest BCUT2D eigenvalue weighted by molar-refractivity contribution is 7.56. The van der Waals surface area contributed by atoms with E-state index in [2.05, 4.69) is 13.8 Å². The fourth-order valence-corrected chi connectivity index (χ4v) is 4.62. The third kappa shape index (κ3) is 3.58. The van der Waals surface area contributed by atoms with Gasteiger partial charge in [0.25, 0.3) is 7.52 Å². The van der Waals surface area contributed by atoms with Gasteiger partial charge in [0, 0.05) is 19.3 Å². The second kappa shape index (κ2) is 6.78. The fourth-order valence-electron chi connectivity index (χ4n) is 2.40. The van der Waals surface area contributed by atoms with E-state index in [0.29, 0.717) is 6.16 Å². The molecule has 0 aromatic heterocycles. The summed E-state index contributed by atoms with van der Waals surface area (Å²) in [7, 11) is -2.55. The first kappa shape index (κ1) is 14.2. The van der Waals surface area contributed by atoms with Crippen molar-refractivity contribution in [1.29, 1.82) is 0 Å². The predicted molar refractivity (Wildman–Crippen MR) is 69.0 cm³/mol. The van der Waals surface area contributed by atoms with Gasteiger partial charge in [-0.3, -0.25) is 4.57 Å². The number of hydrogen-bond donors (Lipinski definition) is 0. The van der Waals surface area contributed by atoms with Crippen molar-refractivity contribution in [2.24, 2.45) is 0 Å². The highest BCUT2D eigenvalue weighted by Crippen LogP contribution is 2.52. The maximum Gasteiger partial charge on any atom is 0.272 e. The molecule has 0 spiro atoms. The van der Waals surface area contributed by atoms with Crippen LogP contribution >= 0.6 is 7.52 Å². The van der Waals surface area contributed by atoms with Crippen LogP contribution in [0.15, 0.2) is 0 Å². The Bertz CT molecular complexity index is 235. The topological polar surface area (TPSA) is 29.5 Å². The first-order chi connectivity index (χ1) is 7.66. The van der Waals surface area contributed by atoms with Crippen LogP contribution in [0.25, 0.3) is 0 Å². The van der Waals surface area contributed by atoms with E-state index in [-0.39, 0.29) is 6.10 Å². The Hall–Kier alpha value is 0.150. The fraction of sp³-hybridized carbons (Fsp3) is 1.00. The molecule has 1 aliphatic rings. The zero-order valence-corrected chi connectivity index (χ0v) is 11.8. The molecule has 1 atom stereocenters. The molecule has 1 unspecified atom stereocenters. The summed E-state index contributed by atoms with van der Waals surface area (Å²) >= 11 is 0. The lowest BCUT2D eigenvalue weighted by Gasteiger charge is -2.33. The molecular formula is C12H26NO2P. The highest BCUT2D eigenvalue weighted by Gasteiger charge is 2.31. The molecule has 4 heteroatoms. The van der Waals surface area contributed by atoms with Gasteiger partial charge < -0.3 is 4.52 Å². The van der Waals surface area contributed by atoms with Gasteiger partial charge in [0.1, 0.15) is 0 Å². The van der Waals surface area contributed by atoms with E-state index in [9.17, 15) is 4.57 Å². The van der Waals surface area contributed by atoms with Crippen molar-refractivity contribution in [3.63, 3.8) is 0 Å². The van der Waals surface area contributed by atoms with Crippen LogP contribution in [-0.4, -0.2) is 30.0 Å². The summed E-state index contributed by atoms with van der Waals surface area (Å²) in [6.07, 6.45) is 6.81. The third-order valence-electron chi connectivity index (χ3n) is 3.43. The van der Waals surface area contributed by atoms with Crippen LogP contribution in [0.4, 0.5) is 0 Å². The molecule has 0 amide bonds. The monoisotopic (exact) mass is 247 g/mol. The van der Waals surface area contributed by atoms with Gasteiger partial charge in [-0.25, -0.2) is 4.67 Å². The minimum absolute atomic E-state index is 0.236. The van der Waals surface area contributed by atoms with Gasteiger partial charge in [0.05, 0.1) is 6.10 Å². The molecule has 0 heterocycles. The Morgan fingerprint density at radius 2 is 1.69 bits per heavy atom. The first-order valence-corrected chi connectivity index (χ1v) is 8.45. The first-order valence-electron chi connectivity index (χ1n) is 6.69. The molecule has 0 aromatic carbocycles. The molecule has 1 aliphatic carbocycles. The van der Waals surface area contributed by atoms with Crippen LogP contribution in [0.3, 0.4) is 0 Å². The SMILES string of the molecule is CCN(CC)P(=O)(CC)OC1CCCCC1. The van der Waals surface area contributed by atoms with Crippen molar-refractivity contribution >= 4 is 7.52 Å². The Labute approximate surface area is 100 Å². The summed E-state index contributed by atoms with van der Waals surface area (Å²) in [4.78, 5) is 0. The predicted octanol–water partition coefficient (Wildman–Crippen LogP) is 3.89. The van der Waals surface area contributed by atoms with Crippen molar-refractivity contribution in [3.05, 3.63) is 0 Å². The zero-order valence-electron chi connectivity index (χ0n) is 10.9. The summed E-state index contributed by atoms with van der Waals surface area (Å²) in [5.74, 6) is 0. The van der Waals surface area contributed by atoms with Gasteiger partial charge in [-0.2, -0.15) is 0 Å². The normalized spacial score (nSPS) is 22.2. The molecule has 0 aromatic rings. The highest BCUT2D eigenvalue weighted by atomic mass is 31.2. The lowest BCUT2D eigenvalue weighted by Crippen LogP contribution is -2.26.